The van der Waals surface area contributed by atoms with Crippen LogP contribution in [0.2, 0.25) is 0 Å². The van der Waals surface area contributed by atoms with E-state index in [0.29, 0.717) is 25.8 Å². The number of amides is 1. The van der Waals surface area contributed by atoms with Gasteiger partial charge in [-0.05, 0) is 19.3 Å². The van der Waals surface area contributed by atoms with Gasteiger partial charge in [-0.15, -0.1) is 0 Å². The van der Waals surface area contributed by atoms with Crippen LogP contribution in [0, 0.1) is 0 Å². The second-order valence-corrected chi connectivity index (χ2v) is 6.67. The Labute approximate surface area is 118 Å². The molecule has 7 nitrogen and oxygen atoms in total. The number of carbonyl (C=O) groups is 1. The van der Waals surface area contributed by atoms with Crippen molar-refractivity contribution in [1.29, 1.82) is 0 Å². The number of hydrogen-bond donors (Lipinski definition) is 2. The first-order valence-corrected chi connectivity index (χ1v) is 8.30. The summed E-state index contributed by atoms with van der Waals surface area (Å²) < 4.78 is 26.8. The molecule has 0 saturated carbocycles. The molecule has 1 aromatic rings. The molecule has 1 saturated heterocycles. The van der Waals surface area contributed by atoms with Gasteiger partial charge in [0.15, 0.2) is 0 Å². The summed E-state index contributed by atoms with van der Waals surface area (Å²) in [5.74, 6) is 0.108. The van der Waals surface area contributed by atoms with E-state index in [0.717, 1.165) is 13.0 Å². The van der Waals surface area contributed by atoms with Gasteiger partial charge in [0, 0.05) is 31.7 Å². The number of sulfonamides is 1. The number of aromatic amines is 1. The molecule has 0 aromatic carbocycles. The smallest absolute Gasteiger partial charge is 0.243 e. The SMILES string of the molecule is CCCN1CCC(NS(=O)(=O)c2cn[nH]c2)CCC1=O. The molecule has 1 fully saturated rings. The summed E-state index contributed by atoms with van der Waals surface area (Å²) in [6, 6.07) is -0.208. The topological polar surface area (TPSA) is 95.2 Å². The zero-order chi connectivity index (χ0) is 14.6. The van der Waals surface area contributed by atoms with Crippen LogP contribution < -0.4 is 4.72 Å². The highest BCUT2D eigenvalue weighted by Gasteiger charge is 2.26. The maximum atomic E-state index is 12.1. The van der Waals surface area contributed by atoms with Crippen molar-refractivity contribution in [3.05, 3.63) is 12.4 Å². The lowest BCUT2D eigenvalue weighted by atomic mass is 10.1. The quantitative estimate of drug-likeness (QED) is 0.827. The second-order valence-electron chi connectivity index (χ2n) is 4.96. The van der Waals surface area contributed by atoms with Crippen LogP contribution in [0.15, 0.2) is 17.3 Å². The van der Waals surface area contributed by atoms with Gasteiger partial charge < -0.3 is 4.90 Å². The third-order valence-electron chi connectivity index (χ3n) is 3.41. The fourth-order valence-corrected chi connectivity index (χ4v) is 3.54. The Morgan fingerprint density at radius 2 is 2.30 bits per heavy atom. The van der Waals surface area contributed by atoms with Crippen molar-refractivity contribution in [1.82, 2.24) is 19.8 Å². The number of nitrogens with zero attached hydrogens (tertiary/aromatic N) is 2. The first-order chi connectivity index (χ1) is 9.53. The molecule has 20 heavy (non-hydrogen) atoms. The van der Waals surface area contributed by atoms with E-state index in [1.165, 1.54) is 12.4 Å². The third-order valence-corrected chi connectivity index (χ3v) is 4.89. The highest BCUT2D eigenvalue weighted by Crippen LogP contribution is 2.15. The minimum Gasteiger partial charge on any atom is -0.343 e. The molecule has 1 unspecified atom stereocenters. The number of hydrogen-bond acceptors (Lipinski definition) is 4. The van der Waals surface area contributed by atoms with Gasteiger partial charge in [0.1, 0.15) is 4.90 Å². The lowest BCUT2D eigenvalue weighted by Gasteiger charge is -2.20. The zero-order valence-electron chi connectivity index (χ0n) is 11.5. The largest absolute Gasteiger partial charge is 0.343 e. The summed E-state index contributed by atoms with van der Waals surface area (Å²) in [7, 11) is -3.55. The molecule has 2 N–H and O–H groups in total. The van der Waals surface area contributed by atoms with Crippen LogP contribution in [0.25, 0.3) is 0 Å². The average Bonchev–Trinajstić information content (AvgIpc) is 2.89. The predicted molar refractivity (Wildman–Crippen MR) is 73.4 cm³/mol. The second kappa shape index (κ2) is 6.36. The van der Waals surface area contributed by atoms with E-state index in [2.05, 4.69) is 14.9 Å². The number of carbonyl (C=O) groups excluding carboxylic acids is 1. The third kappa shape index (κ3) is 3.57. The molecule has 0 radical (unpaired) electrons. The molecule has 1 aromatic heterocycles. The van der Waals surface area contributed by atoms with Crippen molar-refractivity contribution < 1.29 is 13.2 Å². The lowest BCUT2D eigenvalue weighted by molar-refractivity contribution is -0.130. The highest BCUT2D eigenvalue weighted by molar-refractivity contribution is 7.89. The Morgan fingerprint density at radius 1 is 1.50 bits per heavy atom. The average molecular weight is 300 g/mol. The van der Waals surface area contributed by atoms with Crippen molar-refractivity contribution in [2.45, 2.75) is 43.5 Å². The van der Waals surface area contributed by atoms with E-state index >= 15 is 0 Å². The van der Waals surface area contributed by atoms with Crippen LogP contribution >= 0.6 is 0 Å². The van der Waals surface area contributed by atoms with Crippen molar-refractivity contribution in [3.8, 4) is 0 Å². The van der Waals surface area contributed by atoms with Crippen LogP contribution in [0.4, 0.5) is 0 Å². The van der Waals surface area contributed by atoms with Crippen LogP contribution in [-0.4, -0.2) is 48.6 Å². The van der Waals surface area contributed by atoms with Gasteiger partial charge >= 0.3 is 0 Å². The summed E-state index contributed by atoms with van der Waals surface area (Å²) in [4.78, 5) is 13.8. The molecule has 1 amide bonds. The van der Waals surface area contributed by atoms with Crippen molar-refractivity contribution in [3.63, 3.8) is 0 Å². The fourth-order valence-electron chi connectivity index (χ4n) is 2.33. The summed E-state index contributed by atoms with van der Waals surface area (Å²) in [5, 5.41) is 6.13. The number of nitrogens with one attached hydrogen (secondary N) is 2. The molecular formula is C12H20N4O3S. The minimum atomic E-state index is -3.55. The molecule has 0 bridgehead atoms. The van der Waals surface area contributed by atoms with Crippen molar-refractivity contribution >= 4 is 15.9 Å². The summed E-state index contributed by atoms with van der Waals surface area (Å²) in [5.41, 5.74) is 0. The molecule has 0 aliphatic carbocycles. The Hall–Kier alpha value is -1.41. The monoisotopic (exact) mass is 300 g/mol. The Bertz CT molecular complexity index is 541. The molecule has 1 aliphatic rings. The van der Waals surface area contributed by atoms with Crippen LogP contribution in [0.3, 0.4) is 0 Å². The molecule has 2 heterocycles. The van der Waals surface area contributed by atoms with Gasteiger partial charge in [0.05, 0.1) is 6.20 Å². The Balaban J connectivity index is 1.99. The molecule has 112 valence electrons. The number of H-pyrrole nitrogens is 1. The molecular weight excluding hydrogens is 280 g/mol. The maximum Gasteiger partial charge on any atom is 0.243 e. The normalized spacial score (nSPS) is 20.9. The van der Waals surface area contributed by atoms with Crippen molar-refractivity contribution in [2.75, 3.05) is 13.1 Å². The first-order valence-electron chi connectivity index (χ1n) is 6.82. The van der Waals surface area contributed by atoms with Crippen LogP contribution in [0.5, 0.6) is 0 Å². The molecule has 8 heteroatoms. The van der Waals surface area contributed by atoms with Crippen LogP contribution in [-0.2, 0) is 14.8 Å². The lowest BCUT2D eigenvalue weighted by Crippen LogP contribution is -2.36. The van der Waals surface area contributed by atoms with Gasteiger partial charge in [-0.1, -0.05) is 6.92 Å². The van der Waals surface area contributed by atoms with E-state index < -0.39 is 10.0 Å². The van der Waals surface area contributed by atoms with E-state index in [9.17, 15) is 13.2 Å². The maximum absolute atomic E-state index is 12.1. The van der Waals surface area contributed by atoms with Gasteiger partial charge in [-0.2, -0.15) is 5.10 Å². The van der Waals surface area contributed by atoms with E-state index in [1.54, 1.807) is 0 Å². The summed E-state index contributed by atoms with van der Waals surface area (Å²) >= 11 is 0. The van der Waals surface area contributed by atoms with E-state index in [1.807, 2.05) is 11.8 Å². The van der Waals surface area contributed by atoms with Gasteiger partial charge in [0.25, 0.3) is 0 Å². The van der Waals surface area contributed by atoms with Gasteiger partial charge in [-0.3, -0.25) is 9.89 Å². The van der Waals surface area contributed by atoms with E-state index in [-0.39, 0.29) is 16.8 Å². The zero-order valence-corrected chi connectivity index (χ0v) is 12.3. The summed E-state index contributed by atoms with van der Waals surface area (Å²) in [6.45, 7) is 3.36. The summed E-state index contributed by atoms with van der Waals surface area (Å²) in [6.07, 6.45) is 5.09. The Morgan fingerprint density at radius 3 is 2.95 bits per heavy atom. The molecule has 2 rings (SSSR count). The highest BCUT2D eigenvalue weighted by atomic mass is 32.2. The van der Waals surface area contributed by atoms with Gasteiger partial charge in [0.2, 0.25) is 15.9 Å². The number of rotatable bonds is 5. The van der Waals surface area contributed by atoms with E-state index in [4.69, 9.17) is 0 Å². The molecule has 0 spiro atoms. The van der Waals surface area contributed by atoms with Crippen LogP contribution in [0.1, 0.15) is 32.6 Å². The minimum absolute atomic E-state index is 0.108. The molecule has 1 atom stereocenters. The number of aromatic nitrogens is 2. The standard InChI is InChI=1S/C12H20N4O3S/c1-2-6-16-7-5-10(3-4-12(16)17)15-20(18,19)11-8-13-14-9-11/h8-10,15H,2-7H2,1H3,(H,13,14). The first kappa shape index (κ1) is 15.0. The Kier molecular flexibility index (Phi) is 4.77. The van der Waals surface area contributed by atoms with Crippen molar-refractivity contribution in [2.24, 2.45) is 0 Å². The predicted octanol–water partition coefficient (Wildman–Crippen LogP) is 0.479. The number of likely N-dealkylation sites (tertiary alicyclic amines) is 1. The fraction of sp³-hybridized carbons (Fsp3) is 0.667. The molecule has 1 aliphatic heterocycles. The van der Waals surface area contributed by atoms with Gasteiger partial charge in [-0.25, -0.2) is 13.1 Å².